The van der Waals surface area contributed by atoms with Crippen molar-refractivity contribution in [1.29, 1.82) is 0 Å². The van der Waals surface area contributed by atoms with E-state index < -0.39 is 0 Å². The molecule has 2 rings (SSSR count). The van der Waals surface area contributed by atoms with E-state index in [9.17, 15) is 4.79 Å². The zero-order valence-corrected chi connectivity index (χ0v) is 13.9. The largest absolute Gasteiger partial charge is 0.396 e. The van der Waals surface area contributed by atoms with Gasteiger partial charge in [0.15, 0.2) is 0 Å². The second-order valence-electron chi connectivity index (χ2n) is 5.60. The molecule has 2 unspecified atom stereocenters. The van der Waals surface area contributed by atoms with Crippen molar-refractivity contribution < 1.29 is 9.90 Å². The van der Waals surface area contributed by atoms with Crippen molar-refractivity contribution in [2.75, 3.05) is 11.9 Å². The van der Waals surface area contributed by atoms with Gasteiger partial charge in [0.25, 0.3) is 0 Å². The Morgan fingerprint density at radius 3 is 2.70 bits per heavy atom. The van der Waals surface area contributed by atoms with E-state index in [2.05, 4.69) is 15.7 Å². The predicted molar refractivity (Wildman–Crippen MR) is 90.6 cm³/mol. The molecule has 0 spiro atoms. The molecule has 1 heterocycles. The summed E-state index contributed by atoms with van der Waals surface area (Å²) < 4.78 is 1.73. The van der Waals surface area contributed by atoms with E-state index in [1.807, 2.05) is 38.1 Å². The Labute approximate surface area is 140 Å². The number of hydrogen-bond donors (Lipinski definition) is 3. The minimum atomic E-state index is -0.316. The average Bonchev–Trinajstić information content (AvgIpc) is 2.95. The quantitative estimate of drug-likeness (QED) is 0.759. The number of urea groups is 1. The zero-order chi connectivity index (χ0) is 16.8. The van der Waals surface area contributed by atoms with Crippen molar-refractivity contribution >= 4 is 23.3 Å². The van der Waals surface area contributed by atoms with Crippen LogP contribution in [-0.2, 0) is 6.54 Å². The summed E-state index contributed by atoms with van der Waals surface area (Å²) in [6, 6.07) is 7.09. The Morgan fingerprint density at radius 2 is 2.04 bits per heavy atom. The van der Waals surface area contributed by atoms with E-state index in [0.29, 0.717) is 17.3 Å². The Kier molecular flexibility index (Phi) is 6.01. The first-order valence-corrected chi connectivity index (χ1v) is 7.81. The fraction of sp³-hybridized carbons (Fsp3) is 0.375. The molecule has 124 valence electrons. The molecule has 1 aromatic carbocycles. The second-order valence-corrected chi connectivity index (χ2v) is 6.04. The highest BCUT2D eigenvalue weighted by Crippen LogP contribution is 2.12. The molecule has 0 saturated carbocycles. The summed E-state index contributed by atoms with van der Waals surface area (Å²) in [4.78, 5) is 11.9. The van der Waals surface area contributed by atoms with Crippen LogP contribution in [0.4, 0.5) is 10.5 Å². The molecule has 0 bridgehead atoms. The van der Waals surface area contributed by atoms with Gasteiger partial charge < -0.3 is 15.7 Å². The fourth-order valence-electron chi connectivity index (χ4n) is 1.97. The third-order valence-corrected chi connectivity index (χ3v) is 3.90. The third kappa shape index (κ3) is 5.26. The number of hydrogen-bond acceptors (Lipinski definition) is 3. The number of carbonyl (C=O) groups is 1. The van der Waals surface area contributed by atoms with Crippen LogP contribution < -0.4 is 10.6 Å². The van der Waals surface area contributed by atoms with Crippen LogP contribution >= 0.6 is 11.6 Å². The Hall–Kier alpha value is -2.05. The molecule has 7 heteroatoms. The molecule has 6 nitrogen and oxygen atoms in total. The zero-order valence-electron chi connectivity index (χ0n) is 13.2. The van der Waals surface area contributed by atoms with Crippen LogP contribution in [-0.4, -0.2) is 33.6 Å². The molecule has 2 aromatic rings. The van der Waals surface area contributed by atoms with Gasteiger partial charge in [-0.15, -0.1) is 0 Å². The Balaban J connectivity index is 1.89. The summed E-state index contributed by atoms with van der Waals surface area (Å²) in [6.45, 7) is 4.35. The number of carbonyl (C=O) groups excluding carboxylic acids is 1. The summed E-state index contributed by atoms with van der Waals surface area (Å²) >= 11 is 5.86. The lowest BCUT2D eigenvalue weighted by Gasteiger charge is -2.19. The molecule has 0 fully saturated rings. The molecule has 1 aromatic heterocycles. The van der Waals surface area contributed by atoms with Gasteiger partial charge in [0.2, 0.25) is 0 Å². The predicted octanol–water partition coefficient (Wildman–Crippen LogP) is 2.72. The van der Waals surface area contributed by atoms with Crippen LogP contribution in [0.3, 0.4) is 0 Å². The van der Waals surface area contributed by atoms with E-state index in [4.69, 9.17) is 16.7 Å². The van der Waals surface area contributed by atoms with E-state index in [0.717, 1.165) is 5.56 Å². The number of amides is 2. The van der Waals surface area contributed by atoms with Crippen molar-refractivity contribution in [3.05, 3.63) is 47.2 Å². The molecule has 3 N–H and O–H groups in total. The van der Waals surface area contributed by atoms with Crippen LogP contribution in [0, 0.1) is 5.92 Å². The molecular weight excluding hydrogens is 316 g/mol. The first-order chi connectivity index (χ1) is 11.0. The SMILES string of the molecule is CC(CO)C(C)NC(=O)Nc1cnn(Cc2ccc(Cl)cc2)c1. The van der Waals surface area contributed by atoms with Gasteiger partial charge in [-0.2, -0.15) is 5.10 Å². The van der Waals surface area contributed by atoms with E-state index in [1.165, 1.54) is 0 Å². The molecule has 0 radical (unpaired) electrons. The van der Waals surface area contributed by atoms with Gasteiger partial charge in [-0.05, 0) is 30.5 Å². The average molecular weight is 337 g/mol. The van der Waals surface area contributed by atoms with Gasteiger partial charge in [-0.3, -0.25) is 4.68 Å². The number of rotatable bonds is 6. The van der Waals surface area contributed by atoms with E-state index in [-0.39, 0.29) is 24.6 Å². The number of aliphatic hydroxyl groups excluding tert-OH is 1. The normalized spacial score (nSPS) is 13.4. The lowest BCUT2D eigenvalue weighted by Crippen LogP contribution is -2.40. The minimum Gasteiger partial charge on any atom is -0.396 e. The van der Waals surface area contributed by atoms with Crippen molar-refractivity contribution in [3.8, 4) is 0 Å². The number of aliphatic hydroxyl groups is 1. The van der Waals surface area contributed by atoms with Crippen molar-refractivity contribution in [2.45, 2.75) is 26.4 Å². The Bertz CT molecular complexity index is 642. The van der Waals surface area contributed by atoms with Gasteiger partial charge in [-0.25, -0.2) is 4.79 Å². The molecular formula is C16H21ClN4O2. The first-order valence-electron chi connectivity index (χ1n) is 7.43. The Morgan fingerprint density at radius 1 is 1.35 bits per heavy atom. The van der Waals surface area contributed by atoms with Crippen molar-refractivity contribution in [2.24, 2.45) is 5.92 Å². The fourth-order valence-corrected chi connectivity index (χ4v) is 2.09. The van der Waals surface area contributed by atoms with Crippen LogP contribution in [0.5, 0.6) is 0 Å². The van der Waals surface area contributed by atoms with Gasteiger partial charge in [0.1, 0.15) is 0 Å². The molecule has 0 saturated heterocycles. The maximum atomic E-state index is 11.9. The number of nitrogens with one attached hydrogen (secondary N) is 2. The van der Waals surface area contributed by atoms with Crippen LogP contribution in [0.1, 0.15) is 19.4 Å². The number of nitrogens with zero attached hydrogens (tertiary/aromatic N) is 2. The van der Waals surface area contributed by atoms with Gasteiger partial charge in [-0.1, -0.05) is 30.7 Å². The number of anilines is 1. The van der Waals surface area contributed by atoms with Crippen molar-refractivity contribution in [1.82, 2.24) is 15.1 Å². The van der Waals surface area contributed by atoms with Crippen molar-refractivity contribution in [3.63, 3.8) is 0 Å². The third-order valence-electron chi connectivity index (χ3n) is 3.65. The summed E-state index contributed by atoms with van der Waals surface area (Å²) in [5, 5.41) is 19.5. The number of halogens is 1. The molecule has 2 amide bonds. The maximum absolute atomic E-state index is 11.9. The highest BCUT2D eigenvalue weighted by molar-refractivity contribution is 6.30. The summed E-state index contributed by atoms with van der Waals surface area (Å²) in [5.41, 5.74) is 1.68. The monoisotopic (exact) mass is 336 g/mol. The second kappa shape index (κ2) is 7.99. The van der Waals surface area contributed by atoms with E-state index in [1.54, 1.807) is 17.1 Å². The molecule has 0 aliphatic heterocycles. The lowest BCUT2D eigenvalue weighted by molar-refractivity contribution is 0.204. The number of aromatic nitrogens is 2. The highest BCUT2D eigenvalue weighted by atomic mass is 35.5. The first kappa shape index (κ1) is 17.3. The van der Waals surface area contributed by atoms with E-state index >= 15 is 0 Å². The molecule has 0 aliphatic rings. The van der Waals surface area contributed by atoms with Crippen LogP contribution in [0.15, 0.2) is 36.7 Å². The topological polar surface area (TPSA) is 79.2 Å². The molecule has 0 aliphatic carbocycles. The lowest BCUT2D eigenvalue weighted by atomic mass is 10.1. The molecule has 2 atom stereocenters. The minimum absolute atomic E-state index is 0.00613. The molecule has 23 heavy (non-hydrogen) atoms. The highest BCUT2D eigenvalue weighted by Gasteiger charge is 2.14. The van der Waals surface area contributed by atoms with Gasteiger partial charge in [0.05, 0.1) is 18.4 Å². The summed E-state index contributed by atoms with van der Waals surface area (Å²) in [5.74, 6) is -0.00613. The van der Waals surface area contributed by atoms with Crippen LogP contribution in [0.2, 0.25) is 5.02 Å². The van der Waals surface area contributed by atoms with Crippen LogP contribution in [0.25, 0.3) is 0 Å². The summed E-state index contributed by atoms with van der Waals surface area (Å²) in [6.07, 6.45) is 3.35. The van der Waals surface area contributed by atoms with Gasteiger partial charge in [0, 0.05) is 23.9 Å². The summed E-state index contributed by atoms with van der Waals surface area (Å²) in [7, 11) is 0. The smallest absolute Gasteiger partial charge is 0.319 e. The standard InChI is InChI=1S/C16H21ClN4O2/c1-11(10-22)12(2)19-16(23)20-15-7-18-21(9-15)8-13-3-5-14(17)6-4-13/h3-7,9,11-12,22H,8,10H2,1-2H3,(H2,19,20,23). The maximum Gasteiger partial charge on any atom is 0.319 e. The van der Waals surface area contributed by atoms with Gasteiger partial charge >= 0.3 is 6.03 Å². The number of benzene rings is 1.